The van der Waals surface area contributed by atoms with Crippen LogP contribution in [0.5, 0.6) is 11.5 Å². The van der Waals surface area contributed by atoms with Crippen LogP contribution in [0, 0.1) is 0 Å². The molecule has 2 nitrogen and oxygen atoms in total. The van der Waals surface area contributed by atoms with Crippen LogP contribution in [-0.4, -0.2) is 10.2 Å². The Labute approximate surface area is 103 Å². The predicted molar refractivity (Wildman–Crippen MR) is 68.3 cm³/mol. The van der Waals surface area contributed by atoms with E-state index in [1.807, 2.05) is 32.0 Å². The number of phenols is 2. The van der Waals surface area contributed by atoms with Gasteiger partial charge in [0.25, 0.3) is 0 Å². The molecular formula is C15H16O2. The lowest BCUT2D eigenvalue weighted by Gasteiger charge is -2.26. The molecule has 2 heteroatoms. The molecule has 0 spiro atoms. The summed E-state index contributed by atoms with van der Waals surface area (Å²) in [6.07, 6.45) is 0. The fourth-order valence-corrected chi connectivity index (χ4v) is 1.85. The molecule has 0 unspecified atom stereocenters. The standard InChI is InChI=1S/C15H16O2/c1-15(2,11-3-7-13(16)8-4-11)12-5-9-14(17)10-6-12/h3-10,16-17H,1-2H3/i7D. The van der Waals surface area contributed by atoms with Crippen molar-refractivity contribution in [3.05, 3.63) is 59.6 Å². The summed E-state index contributed by atoms with van der Waals surface area (Å²) in [7, 11) is 0. The topological polar surface area (TPSA) is 40.5 Å². The summed E-state index contributed by atoms with van der Waals surface area (Å²) < 4.78 is 7.65. The minimum atomic E-state index is -0.281. The number of benzene rings is 2. The second kappa shape index (κ2) is 4.13. The lowest BCUT2D eigenvalue weighted by atomic mass is 9.78. The fraction of sp³-hybridized carbons (Fsp3) is 0.200. The van der Waals surface area contributed by atoms with Crippen molar-refractivity contribution in [3.63, 3.8) is 0 Å². The summed E-state index contributed by atoms with van der Waals surface area (Å²) in [4.78, 5) is 0. The number of phenolic OH excluding ortho intramolecular Hbond substituents is 2. The highest BCUT2D eigenvalue weighted by Crippen LogP contribution is 2.32. The van der Waals surface area contributed by atoms with Gasteiger partial charge in [0.15, 0.2) is 0 Å². The Hall–Kier alpha value is -1.96. The van der Waals surface area contributed by atoms with E-state index in [1.165, 1.54) is 0 Å². The third-order valence-electron chi connectivity index (χ3n) is 3.11. The van der Waals surface area contributed by atoms with Gasteiger partial charge in [0, 0.05) is 5.41 Å². The average molecular weight is 229 g/mol. The molecule has 0 atom stereocenters. The Morgan fingerprint density at radius 2 is 1.29 bits per heavy atom. The van der Waals surface area contributed by atoms with Gasteiger partial charge in [-0.05, 0) is 35.4 Å². The van der Waals surface area contributed by atoms with Gasteiger partial charge in [-0.1, -0.05) is 38.1 Å². The highest BCUT2D eigenvalue weighted by Gasteiger charge is 2.22. The first-order chi connectivity index (χ1) is 8.41. The summed E-state index contributed by atoms with van der Waals surface area (Å²) in [5, 5.41) is 18.7. The minimum absolute atomic E-state index is 0.0137. The van der Waals surface area contributed by atoms with Gasteiger partial charge in [0.05, 0.1) is 1.37 Å². The molecule has 0 amide bonds. The van der Waals surface area contributed by atoms with Crippen LogP contribution in [0.15, 0.2) is 48.5 Å². The molecule has 17 heavy (non-hydrogen) atoms. The van der Waals surface area contributed by atoms with Crippen molar-refractivity contribution in [1.29, 1.82) is 0 Å². The van der Waals surface area contributed by atoms with Gasteiger partial charge in [-0.2, -0.15) is 0 Å². The van der Waals surface area contributed by atoms with Crippen LogP contribution in [0.4, 0.5) is 0 Å². The van der Waals surface area contributed by atoms with E-state index in [9.17, 15) is 10.2 Å². The maximum Gasteiger partial charge on any atom is 0.115 e. The molecule has 0 aliphatic carbocycles. The molecule has 2 N–H and O–H groups in total. The number of hydrogen-bond donors (Lipinski definition) is 2. The minimum Gasteiger partial charge on any atom is -0.508 e. The lowest BCUT2D eigenvalue weighted by molar-refractivity contribution is 0.474. The maximum atomic E-state index is 9.40. The predicted octanol–water partition coefficient (Wildman–Crippen LogP) is 3.42. The van der Waals surface area contributed by atoms with E-state index in [0.29, 0.717) is 0 Å². The third-order valence-corrected chi connectivity index (χ3v) is 3.11. The second-order valence-corrected chi connectivity index (χ2v) is 4.63. The molecule has 0 aliphatic heterocycles. The Morgan fingerprint density at radius 3 is 1.82 bits per heavy atom. The van der Waals surface area contributed by atoms with E-state index in [0.717, 1.165) is 11.1 Å². The zero-order valence-electron chi connectivity index (χ0n) is 10.9. The highest BCUT2D eigenvalue weighted by atomic mass is 16.3. The van der Waals surface area contributed by atoms with Crippen molar-refractivity contribution < 1.29 is 11.6 Å². The number of rotatable bonds is 2. The molecule has 0 bridgehead atoms. The normalized spacial score (nSPS) is 12.2. The molecular weight excluding hydrogens is 212 g/mol. The fourth-order valence-electron chi connectivity index (χ4n) is 1.85. The first-order valence-electron chi connectivity index (χ1n) is 6.01. The summed E-state index contributed by atoms with van der Waals surface area (Å²) in [5.74, 6) is 0.224. The number of hydrogen-bond acceptors (Lipinski definition) is 2. The Morgan fingerprint density at radius 1 is 0.824 bits per heavy atom. The monoisotopic (exact) mass is 229 g/mol. The average Bonchev–Trinajstić information content (AvgIpc) is 2.33. The largest absolute Gasteiger partial charge is 0.508 e. The third kappa shape index (κ3) is 2.26. The molecule has 88 valence electrons. The maximum absolute atomic E-state index is 9.40. The summed E-state index contributed by atoms with van der Waals surface area (Å²) >= 11 is 0. The molecule has 2 rings (SSSR count). The van der Waals surface area contributed by atoms with Crippen LogP contribution in [-0.2, 0) is 5.41 Å². The smallest absolute Gasteiger partial charge is 0.115 e. The van der Waals surface area contributed by atoms with Crippen molar-refractivity contribution in [2.24, 2.45) is 0 Å². The molecule has 0 aliphatic rings. The van der Waals surface area contributed by atoms with Gasteiger partial charge in [-0.15, -0.1) is 0 Å². The van der Waals surface area contributed by atoms with E-state index < -0.39 is 0 Å². The van der Waals surface area contributed by atoms with E-state index >= 15 is 0 Å². The molecule has 0 fully saturated rings. The molecule has 0 radical (unpaired) electrons. The van der Waals surface area contributed by atoms with Crippen molar-refractivity contribution >= 4 is 0 Å². The first kappa shape index (κ1) is 10.2. The molecule has 0 saturated carbocycles. The lowest BCUT2D eigenvalue weighted by Crippen LogP contribution is -2.18. The van der Waals surface area contributed by atoms with Gasteiger partial charge in [0.2, 0.25) is 0 Å². The highest BCUT2D eigenvalue weighted by molar-refractivity contribution is 5.41. The van der Waals surface area contributed by atoms with Crippen LogP contribution in [0.3, 0.4) is 0 Å². The first-order valence-corrected chi connectivity index (χ1v) is 5.51. The number of aromatic hydroxyl groups is 2. The van der Waals surface area contributed by atoms with Crippen molar-refractivity contribution in [2.45, 2.75) is 19.3 Å². The Bertz CT molecular complexity index is 559. The summed E-state index contributed by atoms with van der Waals surface area (Å²) in [6, 6.07) is 12.2. The second-order valence-electron chi connectivity index (χ2n) is 4.63. The molecule has 2 aromatic carbocycles. The van der Waals surface area contributed by atoms with Crippen LogP contribution in [0.1, 0.15) is 26.3 Å². The zero-order valence-corrected chi connectivity index (χ0v) is 9.94. The van der Waals surface area contributed by atoms with Crippen LogP contribution in [0.25, 0.3) is 0 Å². The molecule has 0 aromatic heterocycles. The van der Waals surface area contributed by atoms with Gasteiger partial charge >= 0.3 is 0 Å². The Kier molecular flexibility index (Phi) is 2.48. The van der Waals surface area contributed by atoms with Crippen LogP contribution < -0.4 is 0 Å². The Balaban J connectivity index is 2.46. The summed E-state index contributed by atoms with van der Waals surface area (Å²) in [6.45, 7) is 4.09. The van der Waals surface area contributed by atoms with E-state index in [2.05, 4.69) is 0 Å². The van der Waals surface area contributed by atoms with Gasteiger partial charge in [-0.3, -0.25) is 0 Å². The molecule has 0 heterocycles. The van der Waals surface area contributed by atoms with E-state index in [4.69, 9.17) is 1.37 Å². The SMILES string of the molecule is [2H]c1cc(C(C)(C)c2ccc(O)cc2)ccc1O. The van der Waals surface area contributed by atoms with E-state index in [1.54, 1.807) is 24.3 Å². The molecule has 0 saturated heterocycles. The zero-order chi connectivity index (χ0) is 13.3. The van der Waals surface area contributed by atoms with Gasteiger partial charge in [0.1, 0.15) is 11.5 Å². The van der Waals surface area contributed by atoms with Crippen molar-refractivity contribution in [1.82, 2.24) is 0 Å². The summed E-state index contributed by atoms with van der Waals surface area (Å²) in [5.41, 5.74) is 1.72. The van der Waals surface area contributed by atoms with Crippen LogP contribution in [0.2, 0.25) is 0 Å². The van der Waals surface area contributed by atoms with Crippen molar-refractivity contribution in [2.75, 3.05) is 0 Å². The van der Waals surface area contributed by atoms with E-state index in [-0.39, 0.29) is 23.0 Å². The van der Waals surface area contributed by atoms with Crippen LogP contribution >= 0.6 is 0 Å². The van der Waals surface area contributed by atoms with Gasteiger partial charge in [-0.25, -0.2) is 0 Å². The van der Waals surface area contributed by atoms with Crippen molar-refractivity contribution in [3.8, 4) is 11.5 Å². The quantitative estimate of drug-likeness (QED) is 0.828. The van der Waals surface area contributed by atoms with Gasteiger partial charge < -0.3 is 10.2 Å². The molecule has 2 aromatic rings.